The summed E-state index contributed by atoms with van der Waals surface area (Å²) in [6.45, 7) is 5.57. The monoisotopic (exact) mass is 270 g/mol. The molecule has 1 aliphatic heterocycles. The van der Waals surface area contributed by atoms with Crippen LogP contribution in [0.15, 0.2) is 0 Å². The number of nitrogens with two attached hydrogens (primary N) is 1. The van der Waals surface area contributed by atoms with Gasteiger partial charge in [-0.15, -0.1) is 0 Å². The van der Waals surface area contributed by atoms with Gasteiger partial charge in [-0.25, -0.2) is 0 Å². The van der Waals surface area contributed by atoms with Crippen molar-refractivity contribution >= 4 is 11.8 Å². The van der Waals surface area contributed by atoms with Gasteiger partial charge < -0.3 is 11.1 Å². The molecule has 2 rings (SSSR count). The van der Waals surface area contributed by atoms with Gasteiger partial charge in [-0.1, -0.05) is 39.5 Å². The van der Waals surface area contributed by atoms with Crippen molar-refractivity contribution in [2.24, 2.45) is 11.1 Å². The largest absolute Gasteiger partial charge is 0.329 e. The van der Waals surface area contributed by atoms with Crippen molar-refractivity contribution in [1.82, 2.24) is 5.32 Å². The molecule has 3 heteroatoms. The molecule has 0 aromatic carbocycles. The smallest absolute Gasteiger partial charge is 0.0402 e. The van der Waals surface area contributed by atoms with Crippen LogP contribution in [0.5, 0.6) is 0 Å². The van der Waals surface area contributed by atoms with Crippen LogP contribution < -0.4 is 11.1 Å². The van der Waals surface area contributed by atoms with Gasteiger partial charge in [-0.2, -0.15) is 11.8 Å². The van der Waals surface area contributed by atoms with Crippen LogP contribution in [0.25, 0.3) is 0 Å². The Morgan fingerprint density at radius 2 is 1.78 bits per heavy atom. The Morgan fingerprint density at radius 1 is 1.11 bits per heavy atom. The van der Waals surface area contributed by atoms with Crippen molar-refractivity contribution in [2.75, 3.05) is 18.1 Å². The van der Waals surface area contributed by atoms with Crippen LogP contribution >= 0.6 is 11.8 Å². The highest BCUT2D eigenvalue weighted by molar-refractivity contribution is 7.99. The Balaban J connectivity index is 1.98. The summed E-state index contributed by atoms with van der Waals surface area (Å²) in [6, 6.07) is 0.713. The maximum Gasteiger partial charge on any atom is 0.0402 e. The summed E-state index contributed by atoms with van der Waals surface area (Å²) < 4.78 is 0. The molecule has 18 heavy (non-hydrogen) atoms. The molecule has 3 N–H and O–H groups in total. The summed E-state index contributed by atoms with van der Waals surface area (Å²) in [4.78, 5) is 0. The lowest BCUT2D eigenvalue weighted by Crippen LogP contribution is -2.60. The first-order valence-electron chi connectivity index (χ1n) is 7.61. The van der Waals surface area contributed by atoms with E-state index in [1.54, 1.807) is 0 Å². The van der Waals surface area contributed by atoms with Crippen LogP contribution in [0.2, 0.25) is 0 Å². The lowest BCUT2D eigenvalue weighted by atomic mass is 9.79. The molecule has 2 aliphatic rings. The molecular formula is C15H30N2S. The third-order valence-corrected chi connectivity index (χ3v) is 6.19. The van der Waals surface area contributed by atoms with Gasteiger partial charge in [0.05, 0.1) is 0 Å². The summed E-state index contributed by atoms with van der Waals surface area (Å²) in [5, 5.41) is 3.97. The average molecular weight is 270 g/mol. The zero-order valence-corrected chi connectivity index (χ0v) is 13.0. The van der Waals surface area contributed by atoms with Crippen molar-refractivity contribution in [1.29, 1.82) is 0 Å². The first kappa shape index (κ1) is 14.7. The zero-order valence-electron chi connectivity index (χ0n) is 12.1. The van der Waals surface area contributed by atoms with Crippen LogP contribution in [-0.2, 0) is 0 Å². The standard InChI is InChI=1S/C15H30N2S/c1-14(2)9-15(10-16,12-18-11-14)17-13-7-5-3-4-6-8-13/h13,17H,3-12,16H2,1-2H3. The molecule has 0 amide bonds. The van der Waals surface area contributed by atoms with Gasteiger partial charge in [0, 0.05) is 23.9 Å². The third-order valence-electron chi connectivity index (χ3n) is 4.44. The summed E-state index contributed by atoms with van der Waals surface area (Å²) in [5.41, 5.74) is 6.77. The van der Waals surface area contributed by atoms with Crippen molar-refractivity contribution in [3.8, 4) is 0 Å². The fourth-order valence-electron chi connectivity index (χ4n) is 3.68. The average Bonchev–Trinajstić information content (AvgIpc) is 2.56. The Hall–Kier alpha value is 0.270. The highest BCUT2D eigenvalue weighted by atomic mass is 32.2. The van der Waals surface area contributed by atoms with Crippen LogP contribution in [0.1, 0.15) is 58.8 Å². The van der Waals surface area contributed by atoms with Crippen LogP contribution in [0.3, 0.4) is 0 Å². The summed E-state index contributed by atoms with van der Waals surface area (Å²) in [7, 11) is 0. The number of nitrogens with one attached hydrogen (secondary N) is 1. The second-order valence-corrected chi connectivity index (χ2v) is 8.14. The molecule has 0 bridgehead atoms. The maximum atomic E-state index is 6.14. The molecule has 0 spiro atoms. The third kappa shape index (κ3) is 3.88. The molecular weight excluding hydrogens is 240 g/mol. The molecule has 0 aromatic heterocycles. The second-order valence-electron chi connectivity index (χ2n) is 7.15. The molecule has 0 radical (unpaired) electrons. The molecule has 1 saturated carbocycles. The Morgan fingerprint density at radius 3 is 2.33 bits per heavy atom. The minimum atomic E-state index is 0.196. The topological polar surface area (TPSA) is 38.0 Å². The first-order valence-corrected chi connectivity index (χ1v) is 8.76. The molecule has 1 heterocycles. The van der Waals surface area contributed by atoms with Crippen molar-refractivity contribution in [3.05, 3.63) is 0 Å². The van der Waals surface area contributed by atoms with E-state index in [-0.39, 0.29) is 5.54 Å². The van der Waals surface area contributed by atoms with E-state index in [1.165, 1.54) is 56.5 Å². The van der Waals surface area contributed by atoms with Crippen molar-refractivity contribution in [2.45, 2.75) is 70.4 Å². The van der Waals surface area contributed by atoms with Gasteiger partial charge in [-0.3, -0.25) is 0 Å². The Bertz CT molecular complexity index is 259. The van der Waals surface area contributed by atoms with Crippen LogP contribution in [-0.4, -0.2) is 29.6 Å². The normalized spacial score (nSPS) is 34.2. The summed E-state index contributed by atoms with van der Waals surface area (Å²) in [5.74, 6) is 2.48. The van der Waals surface area contributed by atoms with E-state index >= 15 is 0 Å². The number of rotatable bonds is 3. The summed E-state index contributed by atoms with van der Waals surface area (Å²) >= 11 is 2.08. The number of hydrogen-bond acceptors (Lipinski definition) is 3. The van der Waals surface area contributed by atoms with Crippen LogP contribution in [0, 0.1) is 5.41 Å². The van der Waals surface area contributed by atoms with E-state index in [0.29, 0.717) is 11.5 Å². The molecule has 0 aromatic rings. The van der Waals surface area contributed by atoms with E-state index in [2.05, 4.69) is 30.9 Å². The van der Waals surface area contributed by atoms with Crippen molar-refractivity contribution < 1.29 is 0 Å². The Labute approximate surface area is 117 Å². The second kappa shape index (κ2) is 6.15. The molecule has 1 saturated heterocycles. The Kier molecular flexibility index (Phi) is 5.01. The van der Waals surface area contributed by atoms with Gasteiger partial charge in [0.15, 0.2) is 0 Å². The number of thioether (sulfide) groups is 1. The van der Waals surface area contributed by atoms with Gasteiger partial charge in [-0.05, 0) is 30.4 Å². The zero-order chi connectivity index (χ0) is 13.1. The van der Waals surface area contributed by atoms with E-state index in [4.69, 9.17) is 5.73 Å². The SMILES string of the molecule is CC1(C)CSCC(CN)(NC2CCCCCC2)C1. The van der Waals surface area contributed by atoms with Crippen molar-refractivity contribution in [3.63, 3.8) is 0 Å². The van der Waals surface area contributed by atoms with E-state index in [1.807, 2.05) is 0 Å². The van der Waals surface area contributed by atoms with Gasteiger partial charge in [0.25, 0.3) is 0 Å². The van der Waals surface area contributed by atoms with Crippen LogP contribution in [0.4, 0.5) is 0 Å². The quantitative estimate of drug-likeness (QED) is 0.774. The predicted octanol–water partition coefficient (Wildman–Crippen LogP) is 3.16. The fraction of sp³-hybridized carbons (Fsp3) is 1.00. The molecule has 2 fully saturated rings. The highest BCUT2D eigenvalue weighted by Crippen LogP contribution is 2.39. The minimum absolute atomic E-state index is 0.196. The maximum absolute atomic E-state index is 6.14. The minimum Gasteiger partial charge on any atom is -0.329 e. The molecule has 1 unspecified atom stereocenters. The molecule has 2 nitrogen and oxygen atoms in total. The lowest BCUT2D eigenvalue weighted by Gasteiger charge is -2.46. The molecule has 1 atom stereocenters. The van der Waals surface area contributed by atoms with E-state index < -0.39 is 0 Å². The highest BCUT2D eigenvalue weighted by Gasteiger charge is 2.40. The summed E-state index contributed by atoms with van der Waals surface area (Å²) in [6.07, 6.45) is 9.59. The van der Waals surface area contributed by atoms with E-state index in [9.17, 15) is 0 Å². The van der Waals surface area contributed by atoms with Gasteiger partial charge >= 0.3 is 0 Å². The van der Waals surface area contributed by atoms with Gasteiger partial charge in [0.2, 0.25) is 0 Å². The first-order chi connectivity index (χ1) is 8.55. The predicted molar refractivity (Wildman–Crippen MR) is 82.1 cm³/mol. The van der Waals surface area contributed by atoms with Gasteiger partial charge in [0.1, 0.15) is 0 Å². The molecule has 106 valence electrons. The lowest BCUT2D eigenvalue weighted by molar-refractivity contribution is 0.203. The van der Waals surface area contributed by atoms with E-state index in [0.717, 1.165) is 6.54 Å². The fourth-order valence-corrected chi connectivity index (χ4v) is 5.13. The number of hydrogen-bond donors (Lipinski definition) is 2. The molecule has 1 aliphatic carbocycles.